The van der Waals surface area contributed by atoms with E-state index < -0.39 is 16.1 Å². The average Bonchev–Trinajstić information content (AvgIpc) is 2.40. The van der Waals surface area contributed by atoms with Crippen molar-refractivity contribution in [1.29, 1.82) is 0 Å². The lowest BCUT2D eigenvalue weighted by Crippen LogP contribution is -2.29. The zero-order valence-electron chi connectivity index (χ0n) is 9.13. The van der Waals surface area contributed by atoms with Gasteiger partial charge in [0.25, 0.3) is 8.53 Å². The Morgan fingerprint density at radius 2 is 2.07 bits per heavy atom. The monoisotopic (exact) mass is 241 g/mol. The number of rotatable bonds is 3. The molecule has 0 aromatic rings. The molecule has 1 saturated heterocycles. The normalized spacial score (nSPS) is 39.6. The van der Waals surface area contributed by atoms with Crippen LogP contribution in [-0.2, 0) is 17.9 Å². The summed E-state index contributed by atoms with van der Waals surface area (Å²) in [5.74, 6) is -0.237. The Labute approximate surface area is 86.2 Å². The third-order valence-corrected chi connectivity index (χ3v) is 6.97. The van der Waals surface area contributed by atoms with Gasteiger partial charge in [-0.15, -0.1) is 0 Å². The molecule has 0 amide bonds. The van der Waals surface area contributed by atoms with Crippen molar-refractivity contribution in [1.82, 2.24) is 4.67 Å². The molecule has 14 heavy (non-hydrogen) atoms. The summed E-state index contributed by atoms with van der Waals surface area (Å²) in [7, 11) is -1.27. The Morgan fingerprint density at radius 3 is 2.36 bits per heavy atom. The van der Waals surface area contributed by atoms with Crippen LogP contribution in [0.5, 0.6) is 0 Å². The van der Waals surface area contributed by atoms with Crippen molar-refractivity contribution < 1.29 is 17.9 Å². The average molecular weight is 241 g/mol. The maximum Gasteiger partial charge on any atom is 0.353 e. The molecule has 1 rings (SSSR count). The van der Waals surface area contributed by atoms with Gasteiger partial charge in [-0.25, -0.2) is 8.98 Å². The van der Waals surface area contributed by atoms with Crippen molar-refractivity contribution in [3.8, 4) is 0 Å². The van der Waals surface area contributed by atoms with Gasteiger partial charge in [0.1, 0.15) is 5.78 Å². The Bertz CT molecular complexity index is 248. The molecular formula is C7H17NO4P2. The molecule has 0 aromatic carbocycles. The molecule has 0 aliphatic carbocycles. The van der Waals surface area contributed by atoms with Crippen LogP contribution in [0.4, 0.5) is 0 Å². The quantitative estimate of drug-likeness (QED) is 0.711. The lowest BCUT2D eigenvalue weighted by atomic mass is 10.4. The smallest absolute Gasteiger partial charge is 0.325 e. The second kappa shape index (κ2) is 4.56. The second-order valence-corrected chi connectivity index (χ2v) is 7.48. The fourth-order valence-electron chi connectivity index (χ4n) is 1.42. The van der Waals surface area contributed by atoms with Gasteiger partial charge < -0.3 is 9.05 Å². The van der Waals surface area contributed by atoms with Crippen LogP contribution in [0.25, 0.3) is 0 Å². The highest BCUT2D eigenvalue weighted by molar-refractivity contribution is 7.67. The van der Waals surface area contributed by atoms with Gasteiger partial charge in [0.05, 0.1) is 0 Å². The first-order valence-electron chi connectivity index (χ1n) is 4.44. The predicted octanol–water partition coefficient (Wildman–Crippen LogP) is 2.79. The molecule has 0 spiro atoms. The molecule has 0 saturated carbocycles. The van der Waals surface area contributed by atoms with Crippen molar-refractivity contribution in [2.75, 3.05) is 14.2 Å². The Kier molecular flexibility index (Phi) is 4.10. The van der Waals surface area contributed by atoms with Crippen molar-refractivity contribution in [2.24, 2.45) is 0 Å². The number of hydrogen-bond acceptors (Lipinski definition) is 5. The first kappa shape index (κ1) is 12.6. The van der Waals surface area contributed by atoms with Crippen LogP contribution in [0, 0.1) is 0 Å². The summed E-state index contributed by atoms with van der Waals surface area (Å²) < 4.78 is 29.5. The topological polar surface area (TPSA) is 48.0 Å². The van der Waals surface area contributed by atoms with Gasteiger partial charge in [-0.1, -0.05) is 0 Å². The van der Waals surface area contributed by atoms with Crippen LogP contribution in [0.2, 0.25) is 0 Å². The van der Waals surface area contributed by atoms with E-state index in [0.29, 0.717) is 0 Å². The summed E-state index contributed by atoms with van der Waals surface area (Å²) in [6.07, 6.45) is 0. The third-order valence-electron chi connectivity index (χ3n) is 2.15. The molecule has 0 aromatic heterocycles. The molecule has 84 valence electrons. The SMILES string of the molecule is COP1OP(=O)(OC)C(C)N1C(C)C. The van der Waals surface area contributed by atoms with E-state index in [0.717, 1.165) is 0 Å². The first-order valence-corrected chi connectivity index (χ1v) is 7.18. The van der Waals surface area contributed by atoms with Gasteiger partial charge in [0, 0.05) is 20.3 Å². The van der Waals surface area contributed by atoms with E-state index in [1.807, 2.05) is 25.4 Å². The zero-order valence-corrected chi connectivity index (χ0v) is 10.9. The minimum atomic E-state index is -2.99. The third kappa shape index (κ3) is 2.04. The van der Waals surface area contributed by atoms with Crippen LogP contribution in [-0.4, -0.2) is 30.7 Å². The molecule has 0 bridgehead atoms. The molecule has 5 nitrogen and oxygen atoms in total. The van der Waals surface area contributed by atoms with Gasteiger partial charge in [-0.2, -0.15) is 0 Å². The van der Waals surface area contributed by atoms with Gasteiger partial charge in [-0.05, 0) is 20.8 Å². The standard InChI is InChI=1S/C7H17NO4P2/c1-6(2)8-7(3)14(9,11-5)12-13(8)10-4/h6-7H,1-5H3. The summed E-state index contributed by atoms with van der Waals surface area (Å²) in [5, 5.41) is 0. The summed E-state index contributed by atoms with van der Waals surface area (Å²) in [4.78, 5) is 0. The minimum absolute atomic E-state index is 0.224. The predicted molar refractivity (Wildman–Crippen MR) is 56.1 cm³/mol. The summed E-state index contributed by atoms with van der Waals surface area (Å²) in [5.41, 5.74) is 0. The molecule has 7 heteroatoms. The molecule has 1 fully saturated rings. The van der Waals surface area contributed by atoms with Crippen LogP contribution < -0.4 is 0 Å². The van der Waals surface area contributed by atoms with E-state index in [1.54, 1.807) is 7.11 Å². The van der Waals surface area contributed by atoms with Crippen LogP contribution >= 0.6 is 16.1 Å². The van der Waals surface area contributed by atoms with E-state index in [4.69, 9.17) is 13.4 Å². The maximum absolute atomic E-state index is 12.0. The highest BCUT2D eigenvalue weighted by atomic mass is 31.2. The van der Waals surface area contributed by atoms with Gasteiger partial charge in [0.15, 0.2) is 0 Å². The molecule has 1 heterocycles. The summed E-state index contributed by atoms with van der Waals surface area (Å²) >= 11 is 0. The first-order chi connectivity index (χ1) is 6.46. The lowest BCUT2D eigenvalue weighted by molar-refractivity contribution is 0.302. The Balaban J connectivity index is 2.90. The molecule has 0 radical (unpaired) electrons. The van der Waals surface area contributed by atoms with Gasteiger partial charge >= 0.3 is 7.60 Å². The van der Waals surface area contributed by atoms with Crippen molar-refractivity contribution in [2.45, 2.75) is 32.6 Å². The highest BCUT2D eigenvalue weighted by Crippen LogP contribution is 2.73. The summed E-state index contributed by atoms with van der Waals surface area (Å²) in [6.45, 7) is 5.87. The molecule has 3 atom stereocenters. The Hall–Kier alpha value is 0.500. The second-order valence-electron chi connectivity index (χ2n) is 3.33. The van der Waals surface area contributed by atoms with E-state index in [-0.39, 0.29) is 11.8 Å². The fourth-order valence-corrected chi connectivity index (χ4v) is 5.95. The van der Waals surface area contributed by atoms with Crippen LogP contribution in [0.1, 0.15) is 20.8 Å². The van der Waals surface area contributed by atoms with E-state index in [2.05, 4.69) is 0 Å². The molecule has 1 aliphatic rings. The highest BCUT2D eigenvalue weighted by Gasteiger charge is 2.51. The Morgan fingerprint density at radius 1 is 1.50 bits per heavy atom. The zero-order chi connectivity index (χ0) is 10.9. The molecule has 3 unspecified atom stereocenters. The van der Waals surface area contributed by atoms with E-state index in [9.17, 15) is 4.57 Å². The fraction of sp³-hybridized carbons (Fsp3) is 1.00. The number of hydrogen-bond donors (Lipinski definition) is 0. The van der Waals surface area contributed by atoms with Crippen LogP contribution in [0.15, 0.2) is 0 Å². The molecule has 1 aliphatic heterocycles. The lowest BCUT2D eigenvalue weighted by Gasteiger charge is -2.26. The van der Waals surface area contributed by atoms with E-state index in [1.165, 1.54) is 7.11 Å². The van der Waals surface area contributed by atoms with Crippen molar-refractivity contribution in [3.05, 3.63) is 0 Å². The van der Waals surface area contributed by atoms with E-state index >= 15 is 0 Å². The van der Waals surface area contributed by atoms with Gasteiger partial charge in [-0.3, -0.25) is 4.57 Å². The maximum atomic E-state index is 12.0. The largest absolute Gasteiger partial charge is 0.353 e. The molecule has 0 N–H and O–H groups in total. The minimum Gasteiger partial charge on any atom is -0.325 e. The summed E-state index contributed by atoms with van der Waals surface area (Å²) in [6, 6.07) is 0.224. The number of nitrogens with zero attached hydrogens (tertiary/aromatic N) is 1. The molecular weight excluding hydrogens is 224 g/mol. The van der Waals surface area contributed by atoms with Crippen molar-refractivity contribution in [3.63, 3.8) is 0 Å². The van der Waals surface area contributed by atoms with Gasteiger partial charge in [0.2, 0.25) is 0 Å². The van der Waals surface area contributed by atoms with Crippen LogP contribution in [0.3, 0.4) is 0 Å². The van der Waals surface area contributed by atoms with Crippen molar-refractivity contribution >= 4 is 16.1 Å².